The highest BCUT2D eigenvalue weighted by Gasteiger charge is 2.37. The van der Waals surface area contributed by atoms with Gasteiger partial charge in [0.15, 0.2) is 0 Å². The van der Waals surface area contributed by atoms with Gasteiger partial charge in [-0.3, -0.25) is 4.79 Å². The highest BCUT2D eigenvalue weighted by Crippen LogP contribution is 2.20. The van der Waals surface area contributed by atoms with E-state index in [2.05, 4.69) is 9.68 Å². The Labute approximate surface area is 112 Å². The van der Waals surface area contributed by atoms with Crippen molar-refractivity contribution in [3.63, 3.8) is 0 Å². The van der Waals surface area contributed by atoms with Crippen molar-refractivity contribution in [1.29, 1.82) is 0 Å². The maximum atomic E-state index is 12.3. The lowest BCUT2D eigenvalue weighted by Gasteiger charge is -2.20. The Bertz CT molecular complexity index is 581. The molecule has 1 N–H and O–H groups in total. The zero-order chi connectivity index (χ0) is 15.6. The minimum absolute atomic E-state index is 0.0972. The first-order chi connectivity index (χ1) is 8.99. The van der Waals surface area contributed by atoms with Crippen LogP contribution in [0.25, 0.3) is 0 Å². The molecule has 1 aromatic heterocycles. The van der Waals surface area contributed by atoms with Crippen molar-refractivity contribution in [2.24, 2.45) is 0 Å². The van der Waals surface area contributed by atoms with Gasteiger partial charge in [-0.05, 0) is 6.92 Å². The van der Waals surface area contributed by atoms with Crippen LogP contribution in [0.2, 0.25) is 0 Å². The Hall–Kier alpha value is -1.62. The summed E-state index contributed by atoms with van der Waals surface area (Å²) in [6.07, 6.45) is -4.84. The number of rotatable bonds is 6. The summed E-state index contributed by atoms with van der Waals surface area (Å²) >= 11 is 0. The predicted molar refractivity (Wildman–Crippen MR) is 59.1 cm³/mol. The molecule has 1 rings (SSSR count). The second kappa shape index (κ2) is 5.79. The molecule has 1 heterocycles. The standard InChI is InChI=1S/C9H11F3N2O5S/c1-6-2-7(13-19-6)4-20(17,18)14(3-8(15)16)5-9(10,11)12/h2H,3-5H2,1H3,(H,15,16). The number of halogens is 3. The van der Waals surface area contributed by atoms with Crippen molar-refractivity contribution in [1.82, 2.24) is 9.46 Å². The largest absolute Gasteiger partial charge is 0.480 e. The van der Waals surface area contributed by atoms with E-state index in [1.54, 1.807) is 0 Å². The van der Waals surface area contributed by atoms with E-state index < -0.39 is 41.0 Å². The van der Waals surface area contributed by atoms with E-state index in [9.17, 15) is 26.4 Å². The molecule has 0 aromatic carbocycles. The Kier molecular flexibility index (Phi) is 4.76. The lowest BCUT2D eigenvalue weighted by atomic mass is 10.4. The van der Waals surface area contributed by atoms with Gasteiger partial charge in [0.2, 0.25) is 10.0 Å². The first-order valence-electron chi connectivity index (χ1n) is 5.18. The van der Waals surface area contributed by atoms with E-state index >= 15 is 0 Å². The SMILES string of the molecule is Cc1cc(CS(=O)(=O)N(CC(=O)O)CC(F)(F)F)no1. The fourth-order valence-corrected chi connectivity index (χ4v) is 2.71. The molecule has 0 saturated heterocycles. The van der Waals surface area contributed by atoms with Crippen LogP contribution in [-0.2, 0) is 20.6 Å². The second-order valence-corrected chi connectivity index (χ2v) is 5.93. The van der Waals surface area contributed by atoms with Gasteiger partial charge in [-0.25, -0.2) is 8.42 Å². The smallest absolute Gasteiger partial charge is 0.402 e. The van der Waals surface area contributed by atoms with Crippen LogP contribution in [0.15, 0.2) is 10.6 Å². The molecule has 0 fully saturated rings. The highest BCUT2D eigenvalue weighted by molar-refractivity contribution is 7.88. The third kappa shape index (κ3) is 5.17. The summed E-state index contributed by atoms with van der Waals surface area (Å²) in [5.41, 5.74) is -0.0972. The van der Waals surface area contributed by atoms with Gasteiger partial charge in [-0.2, -0.15) is 17.5 Å². The molecule has 0 aliphatic carbocycles. The molecule has 114 valence electrons. The van der Waals surface area contributed by atoms with Crippen LogP contribution >= 0.6 is 0 Å². The number of nitrogens with zero attached hydrogens (tertiary/aromatic N) is 2. The minimum Gasteiger partial charge on any atom is -0.480 e. The van der Waals surface area contributed by atoms with Gasteiger partial charge >= 0.3 is 12.1 Å². The third-order valence-electron chi connectivity index (χ3n) is 2.07. The Balaban J connectivity index is 2.95. The van der Waals surface area contributed by atoms with E-state index in [0.717, 1.165) is 0 Å². The maximum absolute atomic E-state index is 12.3. The second-order valence-electron chi connectivity index (χ2n) is 3.96. The van der Waals surface area contributed by atoms with E-state index in [4.69, 9.17) is 5.11 Å². The number of hydrogen-bond acceptors (Lipinski definition) is 5. The lowest BCUT2D eigenvalue weighted by molar-refractivity contribution is -0.146. The normalized spacial score (nSPS) is 12.8. The summed E-state index contributed by atoms with van der Waals surface area (Å²) in [5.74, 6) is -2.27. The summed E-state index contributed by atoms with van der Waals surface area (Å²) < 4.78 is 64.9. The molecule has 0 atom stereocenters. The number of carboxylic acid groups (broad SMARTS) is 1. The summed E-state index contributed by atoms with van der Waals surface area (Å²) in [4.78, 5) is 10.5. The van der Waals surface area contributed by atoms with Gasteiger partial charge in [-0.15, -0.1) is 0 Å². The van der Waals surface area contributed by atoms with Gasteiger partial charge in [0, 0.05) is 6.07 Å². The van der Waals surface area contributed by atoms with Gasteiger partial charge in [0.25, 0.3) is 0 Å². The molecule has 0 amide bonds. The monoisotopic (exact) mass is 316 g/mol. The van der Waals surface area contributed by atoms with Crippen molar-refractivity contribution < 1.29 is 36.0 Å². The van der Waals surface area contributed by atoms with Gasteiger partial charge in [0.1, 0.15) is 30.3 Å². The molecule has 20 heavy (non-hydrogen) atoms. The Morgan fingerprint density at radius 1 is 1.50 bits per heavy atom. The quantitative estimate of drug-likeness (QED) is 0.831. The lowest BCUT2D eigenvalue weighted by Crippen LogP contribution is -2.42. The van der Waals surface area contributed by atoms with Gasteiger partial charge in [0.05, 0.1) is 0 Å². The van der Waals surface area contributed by atoms with E-state index in [0.29, 0.717) is 0 Å². The number of carboxylic acids is 1. The third-order valence-corrected chi connectivity index (χ3v) is 3.77. The number of aryl methyl sites for hydroxylation is 1. The van der Waals surface area contributed by atoms with Crippen LogP contribution in [-0.4, -0.2) is 48.2 Å². The zero-order valence-corrected chi connectivity index (χ0v) is 11.0. The molecule has 0 bridgehead atoms. The summed E-state index contributed by atoms with van der Waals surface area (Å²) in [6.45, 7) is -1.68. The van der Waals surface area contributed by atoms with Crippen molar-refractivity contribution in [2.45, 2.75) is 18.9 Å². The number of aromatic nitrogens is 1. The molecule has 7 nitrogen and oxygen atoms in total. The molecule has 0 aliphatic rings. The molecule has 0 radical (unpaired) electrons. The number of hydrogen-bond donors (Lipinski definition) is 1. The van der Waals surface area contributed by atoms with Gasteiger partial charge in [-0.1, -0.05) is 5.16 Å². The van der Waals surface area contributed by atoms with Crippen LogP contribution in [0.1, 0.15) is 11.5 Å². The van der Waals surface area contributed by atoms with E-state index in [1.165, 1.54) is 13.0 Å². The highest BCUT2D eigenvalue weighted by atomic mass is 32.2. The van der Waals surface area contributed by atoms with Crippen LogP contribution in [0.3, 0.4) is 0 Å². The average molecular weight is 316 g/mol. The molecule has 11 heteroatoms. The molecule has 0 unspecified atom stereocenters. The van der Waals surface area contributed by atoms with Crippen molar-refractivity contribution >= 4 is 16.0 Å². The van der Waals surface area contributed by atoms with Crippen molar-refractivity contribution in [3.8, 4) is 0 Å². The first-order valence-corrected chi connectivity index (χ1v) is 6.79. The zero-order valence-electron chi connectivity index (χ0n) is 10.2. The average Bonchev–Trinajstić information content (AvgIpc) is 2.59. The van der Waals surface area contributed by atoms with Crippen molar-refractivity contribution in [3.05, 3.63) is 17.5 Å². The molecular weight excluding hydrogens is 305 g/mol. The van der Waals surface area contributed by atoms with Gasteiger partial charge < -0.3 is 9.63 Å². The summed E-state index contributed by atoms with van der Waals surface area (Å²) in [7, 11) is -4.48. The number of carbonyl (C=O) groups is 1. The minimum atomic E-state index is -4.84. The fraction of sp³-hybridized carbons (Fsp3) is 0.556. The maximum Gasteiger partial charge on any atom is 0.402 e. The number of sulfonamides is 1. The Morgan fingerprint density at radius 3 is 2.50 bits per heavy atom. The molecular formula is C9H11F3N2O5S. The molecule has 1 aromatic rings. The van der Waals surface area contributed by atoms with E-state index in [1.807, 2.05) is 0 Å². The number of aliphatic carboxylic acids is 1. The molecule has 0 saturated carbocycles. The van der Waals surface area contributed by atoms with Crippen LogP contribution in [0, 0.1) is 6.92 Å². The van der Waals surface area contributed by atoms with Crippen LogP contribution in [0.5, 0.6) is 0 Å². The Morgan fingerprint density at radius 2 is 2.10 bits per heavy atom. The van der Waals surface area contributed by atoms with E-state index in [-0.39, 0.29) is 15.8 Å². The van der Waals surface area contributed by atoms with Crippen LogP contribution in [0.4, 0.5) is 13.2 Å². The number of alkyl halides is 3. The predicted octanol–water partition coefficient (Wildman–Crippen LogP) is 0.762. The molecule has 0 spiro atoms. The summed E-state index contributed by atoms with van der Waals surface area (Å²) in [6, 6.07) is 1.24. The summed E-state index contributed by atoms with van der Waals surface area (Å²) in [5, 5.41) is 11.9. The topological polar surface area (TPSA) is 101 Å². The fourth-order valence-electron chi connectivity index (χ4n) is 1.37. The molecule has 0 aliphatic heterocycles. The van der Waals surface area contributed by atoms with Crippen molar-refractivity contribution in [2.75, 3.05) is 13.1 Å². The van der Waals surface area contributed by atoms with Crippen LogP contribution < -0.4 is 0 Å². The first kappa shape index (κ1) is 16.4.